The standard InChI is InChI=1S/C10H18O4S/c1-3-5-6-7-8-9(15(12)13)10(11)14-4-2/h3-8H2,1-2H3. The predicted molar refractivity (Wildman–Crippen MR) is 59.3 cm³/mol. The molecule has 0 N–H and O–H groups in total. The van der Waals surface area contributed by atoms with Crippen molar-refractivity contribution in [3.05, 3.63) is 0 Å². The van der Waals surface area contributed by atoms with Crippen LogP contribution in [0, 0.1) is 0 Å². The summed E-state index contributed by atoms with van der Waals surface area (Å²) in [6.07, 6.45) is 4.08. The number of carbonyl (C=O) groups is 1. The molecule has 0 aliphatic heterocycles. The smallest absolute Gasteiger partial charge is 0.349 e. The number of rotatable bonds is 7. The van der Waals surface area contributed by atoms with E-state index >= 15 is 0 Å². The van der Waals surface area contributed by atoms with Crippen LogP contribution in [-0.4, -0.2) is 25.9 Å². The third-order valence-corrected chi connectivity index (χ3v) is 2.73. The molecule has 0 aromatic rings. The monoisotopic (exact) mass is 234 g/mol. The van der Waals surface area contributed by atoms with Crippen molar-refractivity contribution in [2.75, 3.05) is 6.61 Å². The molecule has 0 saturated carbocycles. The van der Waals surface area contributed by atoms with E-state index in [0.717, 1.165) is 25.7 Å². The first kappa shape index (κ1) is 14.2. The van der Waals surface area contributed by atoms with Crippen LogP contribution in [0.25, 0.3) is 0 Å². The Hall–Kier alpha value is -0.840. The number of esters is 1. The maximum absolute atomic E-state index is 11.2. The first-order chi connectivity index (χ1) is 7.13. The Morgan fingerprint density at radius 1 is 1.13 bits per heavy atom. The van der Waals surface area contributed by atoms with Crippen LogP contribution in [0.2, 0.25) is 0 Å². The normalized spacial score (nSPS) is 9.73. The third-order valence-electron chi connectivity index (χ3n) is 1.96. The molecule has 0 saturated heterocycles. The Morgan fingerprint density at radius 3 is 2.27 bits per heavy atom. The highest BCUT2D eigenvalue weighted by Crippen LogP contribution is 2.04. The van der Waals surface area contributed by atoms with Gasteiger partial charge in [0.1, 0.15) is 0 Å². The summed E-state index contributed by atoms with van der Waals surface area (Å²) in [7, 11) is -2.45. The van der Waals surface area contributed by atoms with Crippen molar-refractivity contribution in [3.63, 3.8) is 0 Å². The lowest BCUT2D eigenvalue weighted by Gasteiger charge is -2.02. The van der Waals surface area contributed by atoms with Gasteiger partial charge in [0.15, 0.2) is 4.86 Å². The van der Waals surface area contributed by atoms with Crippen LogP contribution in [0.4, 0.5) is 0 Å². The van der Waals surface area contributed by atoms with Gasteiger partial charge in [0.2, 0.25) is 10.3 Å². The molecule has 15 heavy (non-hydrogen) atoms. The summed E-state index contributed by atoms with van der Waals surface area (Å²) < 4.78 is 26.1. The predicted octanol–water partition coefficient (Wildman–Crippen LogP) is 1.57. The van der Waals surface area contributed by atoms with E-state index in [4.69, 9.17) is 0 Å². The Balaban J connectivity index is 4.21. The largest absolute Gasteiger partial charge is 0.462 e. The Bertz CT molecular complexity index is 308. The highest BCUT2D eigenvalue weighted by atomic mass is 32.2. The Labute approximate surface area is 92.2 Å². The summed E-state index contributed by atoms with van der Waals surface area (Å²) in [6.45, 7) is 3.93. The van der Waals surface area contributed by atoms with Crippen molar-refractivity contribution >= 4 is 21.1 Å². The number of hydrogen-bond acceptors (Lipinski definition) is 4. The van der Waals surface area contributed by atoms with E-state index in [-0.39, 0.29) is 17.9 Å². The fourth-order valence-corrected chi connectivity index (χ4v) is 1.68. The first-order valence-corrected chi connectivity index (χ1v) is 6.33. The van der Waals surface area contributed by atoms with Gasteiger partial charge < -0.3 is 4.74 Å². The Kier molecular flexibility index (Phi) is 7.99. The maximum atomic E-state index is 11.2. The molecular formula is C10H18O4S. The summed E-state index contributed by atoms with van der Waals surface area (Å²) in [5, 5.41) is 0. The van der Waals surface area contributed by atoms with Gasteiger partial charge >= 0.3 is 5.97 Å². The van der Waals surface area contributed by atoms with Crippen molar-refractivity contribution < 1.29 is 17.9 Å². The molecule has 0 aromatic carbocycles. The molecule has 88 valence electrons. The van der Waals surface area contributed by atoms with Gasteiger partial charge in [-0.2, -0.15) is 8.42 Å². The summed E-state index contributed by atoms with van der Waals surface area (Å²) in [4.78, 5) is 11.1. The van der Waals surface area contributed by atoms with Crippen LogP contribution in [0.3, 0.4) is 0 Å². The van der Waals surface area contributed by atoms with Gasteiger partial charge in [0.25, 0.3) is 0 Å². The molecule has 0 atom stereocenters. The van der Waals surface area contributed by atoms with Gasteiger partial charge in [-0.25, -0.2) is 4.79 Å². The van der Waals surface area contributed by atoms with Crippen LogP contribution >= 0.6 is 0 Å². The molecule has 0 spiro atoms. The number of ether oxygens (including phenoxy) is 1. The van der Waals surface area contributed by atoms with Gasteiger partial charge in [-0.1, -0.05) is 26.2 Å². The molecule has 0 fully saturated rings. The lowest BCUT2D eigenvalue weighted by molar-refractivity contribution is -0.134. The average Bonchev–Trinajstić information content (AvgIpc) is 2.17. The molecule has 0 aliphatic carbocycles. The quantitative estimate of drug-likeness (QED) is 0.381. The second kappa shape index (κ2) is 8.47. The van der Waals surface area contributed by atoms with Crippen molar-refractivity contribution in [1.29, 1.82) is 0 Å². The van der Waals surface area contributed by atoms with E-state index in [1.807, 2.05) is 0 Å². The van der Waals surface area contributed by atoms with Gasteiger partial charge in [0.05, 0.1) is 6.61 Å². The number of hydrogen-bond donors (Lipinski definition) is 0. The van der Waals surface area contributed by atoms with Crippen LogP contribution in [0.5, 0.6) is 0 Å². The minimum atomic E-state index is -2.45. The van der Waals surface area contributed by atoms with Gasteiger partial charge in [-0.05, 0) is 19.8 Å². The van der Waals surface area contributed by atoms with E-state index in [9.17, 15) is 13.2 Å². The SMILES string of the molecule is CCCCCCC(C(=O)OCC)=S(=O)=O. The molecule has 0 rings (SSSR count). The number of carbonyl (C=O) groups excluding carboxylic acids is 1. The second-order valence-electron chi connectivity index (χ2n) is 3.19. The Morgan fingerprint density at radius 2 is 1.80 bits per heavy atom. The molecule has 0 bridgehead atoms. The molecule has 0 amide bonds. The van der Waals surface area contributed by atoms with E-state index in [0.29, 0.717) is 0 Å². The lowest BCUT2D eigenvalue weighted by atomic mass is 10.1. The fourth-order valence-electron chi connectivity index (χ4n) is 1.18. The summed E-state index contributed by atoms with van der Waals surface area (Å²) in [5.41, 5.74) is 0. The second-order valence-corrected chi connectivity index (χ2v) is 4.15. The molecule has 0 unspecified atom stereocenters. The zero-order chi connectivity index (χ0) is 11.7. The van der Waals surface area contributed by atoms with Crippen LogP contribution in [0.1, 0.15) is 46.0 Å². The number of unbranched alkanes of at least 4 members (excludes halogenated alkanes) is 3. The molecule has 0 heterocycles. The molecule has 0 aromatic heterocycles. The minimum Gasteiger partial charge on any atom is -0.462 e. The van der Waals surface area contributed by atoms with E-state index < -0.39 is 16.3 Å². The van der Waals surface area contributed by atoms with Gasteiger partial charge in [-0.3, -0.25) is 0 Å². The van der Waals surface area contributed by atoms with Crippen LogP contribution in [0.15, 0.2) is 0 Å². The van der Waals surface area contributed by atoms with E-state index in [2.05, 4.69) is 11.7 Å². The van der Waals surface area contributed by atoms with E-state index in [1.165, 1.54) is 0 Å². The van der Waals surface area contributed by atoms with Crippen molar-refractivity contribution in [3.8, 4) is 0 Å². The lowest BCUT2D eigenvalue weighted by Crippen LogP contribution is -2.18. The zero-order valence-corrected chi connectivity index (χ0v) is 10.1. The van der Waals surface area contributed by atoms with Gasteiger partial charge in [-0.15, -0.1) is 0 Å². The maximum Gasteiger partial charge on any atom is 0.349 e. The van der Waals surface area contributed by atoms with Crippen molar-refractivity contribution in [2.45, 2.75) is 46.0 Å². The summed E-state index contributed by atoms with van der Waals surface area (Å²) in [5.74, 6) is -0.706. The molecule has 4 nitrogen and oxygen atoms in total. The highest BCUT2D eigenvalue weighted by molar-refractivity contribution is 7.74. The third kappa shape index (κ3) is 6.28. The minimum absolute atomic E-state index is 0.132. The van der Waals surface area contributed by atoms with Crippen LogP contribution in [-0.2, 0) is 19.8 Å². The van der Waals surface area contributed by atoms with Crippen molar-refractivity contribution in [1.82, 2.24) is 0 Å². The molecule has 0 radical (unpaired) electrons. The van der Waals surface area contributed by atoms with Crippen molar-refractivity contribution in [2.24, 2.45) is 0 Å². The van der Waals surface area contributed by atoms with E-state index in [1.54, 1.807) is 6.92 Å². The molecular weight excluding hydrogens is 216 g/mol. The highest BCUT2D eigenvalue weighted by Gasteiger charge is 2.13. The fraction of sp³-hybridized carbons (Fsp3) is 0.800. The topological polar surface area (TPSA) is 60.4 Å². The zero-order valence-electron chi connectivity index (χ0n) is 9.28. The molecule has 0 aliphatic rings. The van der Waals surface area contributed by atoms with Crippen LogP contribution < -0.4 is 0 Å². The summed E-state index contributed by atoms with van der Waals surface area (Å²) in [6, 6.07) is 0. The van der Waals surface area contributed by atoms with Gasteiger partial charge in [0, 0.05) is 0 Å². The summed E-state index contributed by atoms with van der Waals surface area (Å²) >= 11 is 0. The average molecular weight is 234 g/mol. The first-order valence-electron chi connectivity index (χ1n) is 5.25. The molecule has 5 heteroatoms.